The molecule has 3 aliphatic rings. The van der Waals surface area contributed by atoms with Crippen molar-refractivity contribution in [2.24, 2.45) is 11.8 Å². The minimum atomic E-state index is -2.87. The molecule has 0 spiro atoms. The molecule has 1 aliphatic heterocycles. The zero-order valence-corrected chi connectivity index (χ0v) is 20.7. The molecule has 1 aromatic carbocycles. The second-order valence-electron chi connectivity index (χ2n) is 10.3. The average molecular weight is 518 g/mol. The first kappa shape index (κ1) is 25.1. The molecule has 2 amide bonds. The number of nitrogens with zero attached hydrogens (tertiary/aromatic N) is 2. The SMILES string of the molecule is O=C(N[C@H]1CC[C@H](CN2C(=O)C(O)(C3CCCC3)c3ccccc32)CC1)c1cc(Cl)cnc1C(F)F. The van der Waals surface area contributed by atoms with Crippen LogP contribution in [0.3, 0.4) is 0 Å². The molecule has 1 atom stereocenters. The van der Waals surface area contributed by atoms with Crippen LogP contribution in [0.25, 0.3) is 0 Å². The Morgan fingerprint density at radius 1 is 1.17 bits per heavy atom. The van der Waals surface area contributed by atoms with Crippen molar-refractivity contribution in [2.75, 3.05) is 11.4 Å². The minimum absolute atomic E-state index is 0.0544. The van der Waals surface area contributed by atoms with E-state index in [1.54, 1.807) is 4.90 Å². The highest BCUT2D eigenvalue weighted by Gasteiger charge is 2.55. The first-order valence-corrected chi connectivity index (χ1v) is 13.0. The minimum Gasteiger partial charge on any atom is -0.375 e. The van der Waals surface area contributed by atoms with Crippen molar-refractivity contribution in [3.63, 3.8) is 0 Å². The van der Waals surface area contributed by atoms with Gasteiger partial charge >= 0.3 is 0 Å². The lowest BCUT2D eigenvalue weighted by atomic mass is 9.81. The number of hydrogen-bond acceptors (Lipinski definition) is 4. The van der Waals surface area contributed by atoms with E-state index < -0.39 is 23.6 Å². The lowest BCUT2D eigenvalue weighted by molar-refractivity contribution is -0.142. The largest absolute Gasteiger partial charge is 0.375 e. The number of aromatic nitrogens is 1. The topological polar surface area (TPSA) is 82.5 Å². The zero-order valence-electron chi connectivity index (χ0n) is 19.9. The summed E-state index contributed by atoms with van der Waals surface area (Å²) in [6, 6.07) is 8.61. The molecule has 0 radical (unpaired) electrons. The van der Waals surface area contributed by atoms with E-state index in [1.165, 1.54) is 6.07 Å². The predicted molar refractivity (Wildman–Crippen MR) is 132 cm³/mol. The van der Waals surface area contributed by atoms with Crippen molar-refractivity contribution in [3.8, 4) is 0 Å². The normalized spacial score (nSPS) is 26.5. The van der Waals surface area contributed by atoms with Crippen LogP contribution in [0.4, 0.5) is 14.5 Å². The van der Waals surface area contributed by atoms with E-state index in [4.69, 9.17) is 11.6 Å². The number of para-hydroxylation sites is 1. The highest BCUT2D eigenvalue weighted by molar-refractivity contribution is 6.30. The third kappa shape index (κ3) is 4.50. The van der Waals surface area contributed by atoms with Crippen molar-refractivity contribution in [2.45, 2.75) is 69.4 Å². The molecule has 2 N–H and O–H groups in total. The van der Waals surface area contributed by atoms with Crippen LogP contribution >= 0.6 is 11.6 Å². The molecular weight excluding hydrogens is 488 g/mol. The van der Waals surface area contributed by atoms with E-state index in [0.29, 0.717) is 24.9 Å². The molecule has 2 heterocycles. The summed E-state index contributed by atoms with van der Waals surface area (Å²) in [5.41, 5.74) is -0.726. The van der Waals surface area contributed by atoms with Crippen LogP contribution in [0.15, 0.2) is 36.5 Å². The van der Waals surface area contributed by atoms with Crippen molar-refractivity contribution in [1.29, 1.82) is 0 Å². The molecule has 1 unspecified atom stereocenters. The maximum atomic E-state index is 13.6. The zero-order chi connectivity index (χ0) is 25.4. The molecule has 36 heavy (non-hydrogen) atoms. The Hall–Kier alpha value is -2.58. The maximum absolute atomic E-state index is 13.6. The van der Waals surface area contributed by atoms with E-state index in [9.17, 15) is 23.5 Å². The Morgan fingerprint density at radius 2 is 1.86 bits per heavy atom. The van der Waals surface area contributed by atoms with Gasteiger partial charge in [-0.15, -0.1) is 0 Å². The maximum Gasteiger partial charge on any atom is 0.281 e. The van der Waals surface area contributed by atoms with Crippen LogP contribution in [-0.4, -0.2) is 34.5 Å². The van der Waals surface area contributed by atoms with Gasteiger partial charge in [-0.1, -0.05) is 42.6 Å². The second-order valence-corrected chi connectivity index (χ2v) is 10.7. The lowest BCUT2D eigenvalue weighted by Crippen LogP contribution is -2.47. The smallest absolute Gasteiger partial charge is 0.281 e. The highest BCUT2D eigenvalue weighted by Crippen LogP contribution is 2.50. The Kier molecular flexibility index (Phi) is 7.01. The van der Waals surface area contributed by atoms with Crippen LogP contribution in [-0.2, 0) is 10.4 Å². The summed E-state index contributed by atoms with van der Waals surface area (Å²) in [4.78, 5) is 31.7. The fourth-order valence-electron chi connectivity index (χ4n) is 6.20. The number of carbonyl (C=O) groups is 2. The molecule has 2 aliphatic carbocycles. The monoisotopic (exact) mass is 517 g/mol. The van der Waals surface area contributed by atoms with Crippen LogP contribution in [0.5, 0.6) is 0 Å². The van der Waals surface area contributed by atoms with Crippen molar-refractivity contribution < 1.29 is 23.5 Å². The Labute approximate surface area is 214 Å². The summed E-state index contributed by atoms with van der Waals surface area (Å²) in [6.07, 6.45) is 4.89. The van der Waals surface area contributed by atoms with Gasteiger partial charge in [0.05, 0.1) is 16.3 Å². The van der Waals surface area contributed by atoms with Gasteiger partial charge in [0, 0.05) is 30.3 Å². The summed E-state index contributed by atoms with van der Waals surface area (Å²) >= 11 is 5.88. The number of halogens is 3. The third-order valence-electron chi connectivity index (χ3n) is 8.08. The number of alkyl halides is 2. The quantitative estimate of drug-likeness (QED) is 0.538. The molecular formula is C27H30ClF2N3O3. The van der Waals surface area contributed by atoms with E-state index >= 15 is 0 Å². The lowest BCUT2D eigenvalue weighted by Gasteiger charge is -2.33. The first-order chi connectivity index (χ1) is 17.3. The molecule has 2 fully saturated rings. The molecule has 2 aromatic rings. The molecule has 0 bridgehead atoms. The Morgan fingerprint density at radius 3 is 2.56 bits per heavy atom. The number of amides is 2. The number of rotatable bonds is 6. The summed E-state index contributed by atoms with van der Waals surface area (Å²) in [5, 5.41) is 14.6. The average Bonchev–Trinajstić information content (AvgIpc) is 3.49. The number of pyridine rings is 1. The summed E-state index contributed by atoms with van der Waals surface area (Å²) < 4.78 is 26.6. The number of benzene rings is 1. The van der Waals surface area contributed by atoms with Crippen LogP contribution in [0.2, 0.25) is 5.02 Å². The first-order valence-electron chi connectivity index (χ1n) is 12.7. The van der Waals surface area contributed by atoms with Gasteiger partial charge < -0.3 is 15.3 Å². The summed E-state index contributed by atoms with van der Waals surface area (Å²) in [7, 11) is 0. The number of hydrogen-bond donors (Lipinski definition) is 2. The van der Waals surface area contributed by atoms with Crippen molar-refractivity contribution in [3.05, 3.63) is 58.4 Å². The third-order valence-corrected chi connectivity index (χ3v) is 8.29. The highest BCUT2D eigenvalue weighted by atomic mass is 35.5. The van der Waals surface area contributed by atoms with Gasteiger partial charge in [0.2, 0.25) is 0 Å². The second kappa shape index (κ2) is 10.1. The Bertz CT molecular complexity index is 1150. The number of aliphatic hydroxyl groups is 1. The van der Waals surface area contributed by atoms with Gasteiger partial charge in [-0.25, -0.2) is 8.78 Å². The van der Waals surface area contributed by atoms with Crippen LogP contribution in [0, 0.1) is 11.8 Å². The molecule has 6 nitrogen and oxygen atoms in total. The predicted octanol–water partition coefficient (Wildman–Crippen LogP) is 5.39. The standard InChI is InChI=1S/C27H30ClF2N3O3/c28-18-13-20(23(24(29)30)31-14-18)25(34)32-19-11-9-16(10-12-19)15-33-22-8-4-3-7-21(22)27(36,26(33)35)17-5-1-2-6-17/h3-4,7-8,13-14,16-17,19,24,36H,1-2,5-6,9-12,15H2,(H,32,34)/t16-,19-,27?. The fraction of sp³-hybridized carbons (Fsp3) is 0.519. The Balaban J connectivity index is 1.23. The van der Waals surface area contributed by atoms with Gasteiger partial charge in [0.15, 0.2) is 5.60 Å². The molecule has 2 saturated carbocycles. The van der Waals surface area contributed by atoms with E-state index in [0.717, 1.165) is 50.4 Å². The number of carbonyl (C=O) groups excluding carboxylic acids is 2. The number of nitrogens with one attached hydrogen (secondary N) is 1. The van der Waals surface area contributed by atoms with Gasteiger partial charge in [-0.2, -0.15) is 0 Å². The van der Waals surface area contributed by atoms with Gasteiger partial charge in [-0.3, -0.25) is 14.6 Å². The summed E-state index contributed by atoms with van der Waals surface area (Å²) in [5.74, 6) is -0.667. The number of anilines is 1. The molecule has 9 heteroatoms. The number of fused-ring (bicyclic) bond motifs is 1. The van der Waals surface area contributed by atoms with Crippen LogP contribution < -0.4 is 10.2 Å². The van der Waals surface area contributed by atoms with Crippen molar-refractivity contribution >= 4 is 29.1 Å². The van der Waals surface area contributed by atoms with E-state index in [2.05, 4.69) is 10.3 Å². The molecule has 1 aromatic heterocycles. The van der Waals surface area contributed by atoms with Crippen LogP contribution in [0.1, 0.15) is 79.4 Å². The van der Waals surface area contributed by atoms with Gasteiger partial charge in [0.1, 0.15) is 5.69 Å². The molecule has 0 saturated heterocycles. The molecule has 5 rings (SSSR count). The fourth-order valence-corrected chi connectivity index (χ4v) is 6.36. The summed E-state index contributed by atoms with van der Waals surface area (Å²) in [6.45, 7) is 0.513. The van der Waals surface area contributed by atoms with E-state index in [1.807, 2.05) is 24.3 Å². The van der Waals surface area contributed by atoms with E-state index in [-0.39, 0.29) is 34.4 Å². The van der Waals surface area contributed by atoms with Crippen molar-refractivity contribution in [1.82, 2.24) is 10.3 Å². The van der Waals surface area contributed by atoms with Gasteiger partial charge in [0.25, 0.3) is 18.2 Å². The molecule has 192 valence electrons. The van der Waals surface area contributed by atoms with Gasteiger partial charge in [-0.05, 0) is 56.6 Å².